The minimum Gasteiger partial charge on any atom is -0.466 e. The quantitative estimate of drug-likeness (QED) is 0.283. The van der Waals surface area contributed by atoms with Crippen molar-refractivity contribution >= 4 is 41.6 Å². The summed E-state index contributed by atoms with van der Waals surface area (Å²) in [6.45, 7) is 7.42. The molecule has 8 nitrogen and oxygen atoms in total. The maximum Gasteiger partial charge on any atom is 0.309 e. The van der Waals surface area contributed by atoms with Gasteiger partial charge in [-0.15, -0.1) is 34.2 Å². The highest BCUT2D eigenvalue weighted by Crippen LogP contribution is 2.18. The van der Waals surface area contributed by atoms with E-state index in [2.05, 4.69) is 27.3 Å². The van der Waals surface area contributed by atoms with Crippen molar-refractivity contribution in [1.29, 1.82) is 0 Å². The predicted molar refractivity (Wildman–Crippen MR) is 119 cm³/mol. The zero-order chi connectivity index (χ0) is 19.1. The number of nitrogens with one attached hydrogen (secondary N) is 1. The molecule has 1 aliphatic rings. The Hall–Kier alpha value is -1.91. The number of carbonyl (C=O) groups excluding carboxylic acids is 1. The monoisotopic (exact) mass is 500 g/mol. The smallest absolute Gasteiger partial charge is 0.309 e. The summed E-state index contributed by atoms with van der Waals surface area (Å²) in [7, 11) is 0. The fraction of sp³-hybridized carbons (Fsp3) is 0.579. The van der Waals surface area contributed by atoms with Crippen molar-refractivity contribution in [2.24, 2.45) is 10.9 Å². The molecule has 0 unspecified atom stereocenters. The number of fused-ring (bicyclic) bond motifs is 1. The predicted octanol–water partition coefficient (Wildman–Crippen LogP) is 2.13. The van der Waals surface area contributed by atoms with Crippen molar-refractivity contribution in [1.82, 2.24) is 24.8 Å². The SMILES string of the molecule is CCNC(=NCCc1nnc2ccccn12)N1CCC(C(=O)OCC)CC1.I. The second kappa shape index (κ2) is 11.2. The molecule has 0 radical (unpaired) electrons. The highest BCUT2D eigenvalue weighted by molar-refractivity contribution is 14.0. The number of aliphatic imine (C=N–C) groups is 1. The summed E-state index contributed by atoms with van der Waals surface area (Å²) in [6.07, 6.45) is 4.30. The Labute approximate surface area is 182 Å². The minimum absolute atomic E-state index is 0. The topological polar surface area (TPSA) is 84.1 Å². The number of pyridine rings is 1. The second-order valence-corrected chi connectivity index (χ2v) is 6.54. The number of carbonyl (C=O) groups is 1. The summed E-state index contributed by atoms with van der Waals surface area (Å²) < 4.78 is 7.14. The Morgan fingerprint density at radius 3 is 2.79 bits per heavy atom. The van der Waals surface area contributed by atoms with Crippen LogP contribution in [0.25, 0.3) is 5.65 Å². The van der Waals surface area contributed by atoms with E-state index in [-0.39, 0.29) is 35.9 Å². The van der Waals surface area contributed by atoms with Crippen LogP contribution in [0.1, 0.15) is 32.5 Å². The van der Waals surface area contributed by atoms with Crippen LogP contribution in [-0.4, -0.2) is 64.2 Å². The molecule has 0 aliphatic carbocycles. The Kier molecular flexibility index (Phi) is 8.94. The number of hydrogen-bond acceptors (Lipinski definition) is 5. The van der Waals surface area contributed by atoms with Gasteiger partial charge in [0.25, 0.3) is 0 Å². The van der Waals surface area contributed by atoms with Gasteiger partial charge in [0.1, 0.15) is 5.82 Å². The van der Waals surface area contributed by atoms with Gasteiger partial charge in [0.2, 0.25) is 0 Å². The lowest BCUT2D eigenvalue weighted by atomic mass is 9.97. The fourth-order valence-corrected chi connectivity index (χ4v) is 3.34. The molecule has 0 atom stereocenters. The highest BCUT2D eigenvalue weighted by atomic mass is 127. The molecule has 154 valence electrons. The van der Waals surface area contributed by atoms with E-state index < -0.39 is 0 Å². The van der Waals surface area contributed by atoms with E-state index in [1.165, 1.54) is 0 Å². The van der Waals surface area contributed by atoms with Gasteiger partial charge in [0.05, 0.1) is 12.5 Å². The van der Waals surface area contributed by atoms with Crippen molar-refractivity contribution < 1.29 is 9.53 Å². The number of hydrogen-bond donors (Lipinski definition) is 1. The lowest BCUT2D eigenvalue weighted by Crippen LogP contribution is -2.46. The number of piperidine rings is 1. The van der Waals surface area contributed by atoms with Crippen LogP contribution in [0, 0.1) is 5.92 Å². The molecule has 9 heteroatoms. The number of likely N-dealkylation sites (tertiary alicyclic amines) is 1. The Bertz CT molecular complexity index is 786. The van der Waals surface area contributed by atoms with Gasteiger partial charge in [-0.25, -0.2) is 0 Å². The molecule has 1 saturated heterocycles. The molecular formula is C19H29IN6O2. The van der Waals surface area contributed by atoms with Gasteiger partial charge in [-0.05, 0) is 38.8 Å². The van der Waals surface area contributed by atoms with E-state index in [1.807, 2.05) is 35.7 Å². The molecule has 28 heavy (non-hydrogen) atoms. The number of nitrogens with zero attached hydrogens (tertiary/aromatic N) is 5. The molecule has 0 amide bonds. The van der Waals surface area contributed by atoms with Gasteiger partial charge in [-0.1, -0.05) is 6.07 Å². The van der Waals surface area contributed by atoms with Crippen molar-refractivity contribution in [3.05, 3.63) is 30.2 Å². The third-order valence-electron chi connectivity index (χ3n) is 4.73. The number of rotatable bonds is 6. The molecular weight excluding hydrogens is 471 g/mol. The standard InChI is InChI=1S/C19H28N6O2.HI/c1-3-20-19(24-13-9-15(10-14-24)18(26)27-4-2)21-11-8-17-23-22-16-7-5-6-12-25(16)17;/h5-7,12,15H,3-4,8-11,13-14H2,1-2H3,(H,20,21);1H. The maximum absolute atomic E-state index is 11.9. The summed E-state index contributed by atoms with van der Waals surface area (Å²) in [5.41, 5.74) is 0.851. The number of guanidine groups is 1. The Morgan fingerprint density at radius 1 is 1.29 bits per heavy atom. The lowest BCUT2D eigenvalue weighted by Gasteiger charge is -2.33. The molecule has 0 spiro atoms. The van der Waals surface area contributed by atoms with E-state index in [4.69, 9.17) is 9.73 Å². The van der Waals surface area contributed by atoms with Crippen molar-refractivity contribution in [3.8, 4) is 0 Å². The zero-order valence-corrected chi connectivity index (χ0v) is 18.8. The van der Waals surface area contributed by atoms with Gasteiger partial charge in [-0.2, -0.15) is 0 Å². The van der Waals surface area contributed by atoms with Gasteiger partial charge in [0, 0.05) is 38.8 Å². The average Bonchev–Trinajstić information content (AvgIpc) is 3.11. The molecule has 0 bridgehead atoms. The van der Waals surface area contributed by atoms with Crippen LogP contribution in [0.4, 0.5) is 0 Å². The van der Waals surface area contributed by atoms with Crippen molar-refractivity contribution in [2.45, 2.75) is 33.1 Å². The number of aromatic nitrogens is 3. The van der Waals surface area contributed by atoms with Crippen LogP contribution in [0.15, 0.2) is 29.4 Å². The first-order valence-corrected chi connectivity index (χ1v) is 9.71. The maximum atomic E-state index is 11.9. The molecule has 2 aromatic rings. The van der Waals surface area contributed by atoms with E-state index in [0.717, 1.165) is 56.3 Å². The van der Waals surface area contributed by atoms with E-state index in [9.17, 15) is 4.79 Å². The van der Waals surface area contributed by atoms with Crippen LogP contribution >= 0.6 is 24.0 Å². The molecule has 0 aromatic carbocycles. The second-order valence-electron chi connectivity index (χ2n) is 6.54. The highest BCUT2D eigenvalue weighted by Gasteiger charge is 2.27. The first kappa shape index (κ1) is 22.4. The molecule has 1 fully saturated rings. The lowest BCUT2D eigenvalue weighted by molar-refractivity contribution is -0.149. The molecule has 0 saturated carbocycles. The van der Waals surface area contributed by atoms with E-state index in [0.29, 0.717) is 13.2 Å². The van der Waals surface area contributed by atoms with Gasteiger partial charge in [0.15, 0.2) is 11.6 Å². The number of ether oxygens (including phenoxy) is 1. The van der Waals surface area contributed by atoms with Crippen LogP contribution in [-0.2, 0) is 16.0 Å². The van der Waals surface area contributed by atoms with Gasteiger partial charge < -0.3 is 15.0 Å². The van der Waals surface area contributed by atoms with Crippen molar-refractivity contribution in [3.63, 3.8) is 0 Å². The summed E-state index contributed by atoms with van der Waals surface area (Å²) in [5, 5.41) is 11.8. The Morgan fingerprint density at radius 2 is 2.07 bits per heavy atom. The van der Waals surface area contributed by atoms with Crippen LogP contribution in [0.2, 0.25) is 0 Å². The molecule has 2 aromatic heterocycles. The fourth-order valence-electron chi connectivity index (χ4n) is 3.34. The number of halogens is 1. The van der Waals surface area contributed by atoms with Crippen molar-refractivity contribution in [2.75, 3.05) is 32.8 Å². The first-order chi connectivity index (χ1) is 13.2. The summed E-state index contributed by atoms with van der Waals surface area (Å²) >= 11 is 0. The third kappa shape index (κ3) is 5.55. The molecule has 3 heterocycles. The number of esters is 1. The summed E-state index contributed by atoms with van der Waals surface area (Å²) in [5.74, 6) is 1.74. The van der Waals surface area contributed by atoms with Gasteiger partial charge >= 0.3 is 5.97 Å². The van der Waals surface area contributed by atoms with Crippen LogP contribution in [0.3, 0.4) is 0 Å². The zero-order valence-electron chi connectivity index (χ0n) is 16.5. The summed E-state index contributed by atoms with van der Waals surface area (Å²) in [6, 6.07) is 5.87. The summed E-state index contributed by atoms with van der Waals surface area (Å²) in [4.78, 5) is 18.9. The Balaban J connectivity index is 0.00000280. The minimum atomic E-state index is -0.0715. The first-order valence-electron chi connectivity index (χ1n) is 9.71. The normalized spacial score (nSPS) is 15.4. The average molecular weight is 500 g/mol. The largest absolute Gasteiger partial charge is 0.466 e. The van der Waals surface area contributed by atoms with E-state index >= 15 is 0 Å². The third-order valence-corrected chi connectivity index (χ3v) is 4.73. The molecule has 1 N–H and O–H groups in total. The van der Waals surface area contributed by atoms with Crippen LogP contribution in [0.5, 0.6) is 0 Å². The molecule has 1 aliphatic heterocycles. The van der Waals surface area contributed by atoms with Crippen LogP contribution < -0.4 is 5.32 Å². The van der Waals surface area contributed by atoms with E-state index in [1.54, 1.807) is 0 Å². The van der Waals surface area contributed by atoms with Gasteiger partial charge in [-0.3, -0.25) is 14.2 Å². The molecule has 3 rings (SSSR count).